The molecule has 0 aliphatic heterocycles. The lowest BCUT2D eigenvalue weighted by Crippen LogP contribution is -2.46. The van der Waals surface area contributed by atoms with Gasteiger partial charge in [-0.05, 0) is 36.6 Å². The van der Waals surface area contributed by atoms with Crippen molar-refractivity contribution in [3.63, 3.8) is 0 Å². The van der Waals surface area contributed by atoms with Crippen molar-refractivity contribution in [3.05, 3.63) is 33.8 Å². The molecule has 0 saturated heterocycles. The normalized spacial score (nSPS) is 18.3. The molecule has 1 aromatic rings. The number of halogens is 2. The summed E-state index contributed by atoms with van der Waals surface area (Å²) < 4.78 is 0. The molecular weight excluding hydrogens is 273 g/mol. The number of hydrogen-bond donors (Lipinski definition) is 2. The Morgan fingerprint density at radius 2 is 1.67 bits per heavy atom. The first-order valence-corrected chi connectivity index (χ1v) is 6.75. The minimum atomic E-state index is -1.01. The summed E-state index contributed by atoms with van der Waals surface area (Å²) in [7, 11) is 0. The molecule has 0 aromatic heterocycles. The molecule has 18 heavy (non-hydrogen) atoms. The van der Waals surface area contributed by atoms with Gasteiger partial charge in [-0.1, -0.05) is 42.5 Å². The minimum absolute atomic E-state index is 0.537. The monoisotopic (exact) mass is 287 g/mol. The van der Waals surface area contributed by atoms with E-state index in [1.54, 1.807) is 18.2 Å². The molecule has 98 valence electrons. The van der Waals surface area contributed by atoms with E-state index in [9.17, 15) is 4.79 Å². The molecule has 0 unspecified atom stereocenters. The van der Waals surface area contributed by atoms with Crippen molar-refractivity contribution in [2.45, 2.75) is 37.6 Å². The number of carboxylic acid groups (broad SMARTS) is 1. The first kappa shape index (κ1) is 13.5. The first-order chi connectivity index (χ1) is 8.52. The fraction of sp³-hybridized carbons (Fsp3) is 0.462. The highest BCUT2D eigenvalue weighted by atomic mass is 35.5. The second kappa shape index (κ2) is 5.37. The van der Waals surface area contributed by atoms with E-state index in [1.165, 1.54) is 0 Å². The Kier molecular flexibility index (Phi) is 4.03. The van der Waals surface area contributed by atoms with E-state index in [-0.39, 0.29) is 0 Å². The average molecular weight is 288 g/mol. The van der Waals surface area contributed by atoms with E-state index in [2.05, 4.69) is 5.32 Å². The van der Waals surface area contributed by atoms with Crippen LogP contribution in [-0.2, 0) is 5.54 Å². The Morgan fingerprint density at radius 1 is 1.11 bits per heavy atom. The summed E-state index contributed by atoms with van der Waals surface area (Å²) >= 11 is 12.0. The van der Waals surface area contributed by atoms with Crippen LogP contribution < -0.4 is 5.32 Å². The molecule has 0 heterocycles. The summed E-state index contributed by atoms with van der Waals surface area (Å²) in [6.07, 6.45) is 3.71. The van der Waals surface area contributed by atoms with Crippen LogP contribution in [0.5, 0.6) is 0 Å². The summed E-state index contributed by atoms with van der Waals surface area (Å²) in [4.78, 5) is 11.0. The predicted molar refractivity (Wildman–Crippen MR) is 72.4 cm³/mol. The molecule has 2 N–H and O–H groups in total. The average Bonchev–Trinajstić information content (AvgIpc) is 2.28. The molecule has 0 spiro atoms. The van der Waals surface area contributed by atoms with Crippen LogP contribution in [0.2, 0.25) is 10.0 Å². The molecule has 1 amide bonds. The Hall–Kier alpha value is -0.930. The van der Waals surface area contributed by atoms with E-state index in [4.69, 9.17) is 28.3 Å². The lowest BCUT2D eigenvalue weighted by atomic mass is 9.76. The van der Waals surface area contributed by atoms with Crippen molar-refractivity contribution >= 4 is 29.3 Å². The number of hydrogen-bond acceptors (Lipinski definition) is 1. The van der Waals surface area contributed by atoms with Crippen molar-refractivity contribution in [3.8, 4) is 0 Å². The summed E-state index contributed by atoms with van der Waals surface area (Å²) in [5.41, 5.74) is 0.320. The molecule has 0 bridgehead atoms. The predicted octanol–water partition coefficient (Wildman–Crippen LogP) is 4.42. The zero-order valence-corrected chi connectivity index (χ0v) is 11.4. The molecule has 0 atom stereocenters. The molecule has 3 nitrogen and oxygen atoms in total. The lowest BCUT2D eigenvalue weighted by molar-refractivity contribution is 0.162. The quantitative estimate of drug-likeness (QED) is 0.846. The standard InChI is InChI=1S/C13H15Cl2NO2/c14-10-6-9(7-11(15)8-10)13(16-12(17)18)4-2-1-3-5-13/h6-8,16H,1-5H2,(H,17,18). The Labute approximate surface area is 116 Å². The van der Waals surface area contributed by atoms with Crippen molar-refractivity contribution in [1.82, 2.24) is 5.32 Å². The van der Waals surface area contributed by atoms with Gasteiger partial charge in [-0.15, -0.1) is 0 Å². The summed E-state index contributed by atoms with van der Waals surface area (Å²) in [6.45, 7) is 0. The highest BCUT2D eigenvalue weighted by Crippen LogP contribution is 2.39. The van der Waals surface area contributed by atoms with Gasteiger partial charge in [-0.3, -0.25) is 0 Å². The molecule has 1 aliphatic rings. The topological polar surface area (TPSA) is 49.3 Å². The second-order valence-electron chi connectivity index (χ2n) is 4.73. The van der Waals surface area contributed by atoms with E-state index in [1.807, 2.05) is 0 Å². The van der Waals surface area contributed by atoms with Gasteiger partial charge in [0.1, 0.15) is 0 Å². The smallest absolute Gasteiger partial charge is 0.405 e. The van der Waals surface area contributed by atoms with Crippen LogP contribution in [0.3, 0.4) is 0 Å². The molecule has 0 radical (unpaired) electrons. The Balaban J connectivity index is 2.41. The second-order valence-corrected chi connectivity index (χ2v) is 5.60. The van der Waals surface area contributed by atoms with Crippen LogP contribution in [0.1, 0.15) is 37.7 Å². The van der Waals surface area contributed by atoms with E-state index >= 15 is 0 Å². The van der Waals surface area contributed by atoms with Gasteiger partial charge in [0.05, 0.1) is 5.54 Å². The first-order valence-electron chi connectivity index (χ1n) is 5.99. The van der Waals surface area contributed by atoms with Crippen LogP contribution in [0.15, 0.2) is 18.2 Å². The van der Waals surface area contributed by atoms with Crippen LogP contribution in [0.25, 0.3) is 0 Å². The SMILES string of the molecule is O=C(O)NC1(c2cc(Cl)cc(Cl)c2)CCCCC1. The van der Waals surface area contributed by atoms with Gasteiger partial charge < -0.3 is 10.4 Å². The number of rotatable bonds is 2. The van der Waals surface area contributed by atoms with Crippen molar-refractivity contribution in [2.75, 3.05) is 0 Å². The molecule has 1 aromatic carbocycles. The molecule has 2 rings (SSSR count). The molecule has 1 fully saturated rings. The van der Waals surface area contributed by atoms with Crippen molar-refractivity contribution in [2.24, 2.45) is 0 Å². The molecule has 1 saturated carbocycles. The molecule has 1 aliphatic carbocycles. The maximum absolute atomic E-state index is 11.0. The van der Waals surface area contributed by atoms with Crippen molar-refractivity contribution in [1.29, 1.82) is 0 Å². The number of amides is 1. The lowest BCUT2D eigenvalue weighted by Gasteiger charge is -2.37. The Bertz CT molecular complexity index is 436. The van der Waals surface area contributed by atoms with Gasteiger partial charge in [0.15, 0.2) is 0 Å². The fourth-order valence-electron chi connectivity index (χ4n) is 2.68. The number of nitrogens with one attached hydrogen (secondary N) is 1. The van der Waals surface area contributed by atoms with Crippen LogP contribution in [0.4, 0.5) is 4.79 Å². The van der Waals surface area contributed by atoms with Gasteiger partial charge in [-0.2, -0.15) is 0 Å². The van der Waals surface area contributed by atoms with E-state index in [0.29, 0.717) is 10.0 Å². The molecule has 5 heteroatoms. The fourth-order valence-corrected chi connectivity index (χ4v) is 3.20. The van der Waals surface area contributed by atoms with Crippen LogP contribution >= 0.6 is 23.2 Å². The van der Waals surface area contributed by atoms with Crippen LogP contribution in [0, 0.1) is 0 Å². The third-order valence-electron chi connectivity index (χ3n) is 3.47. The number of benzene rings is 1. The largest absolute Gasteiger partial charge is 0.465 e. The number of carbonyl (C=O) groups is 1. The molecular formula is C13H15Cl2NO2. The van der Waals surface area contributed by atoms with Crippen molar-refractivity contribution < 1.29 is 9.90 Å². The van der Waals surface area contributed by atoms with Gasteiger partial charge in [0.2, 0.25) is 0 Å². The van der Waals surface area contributed by atoms with Crippen LogP contribution in [-0.4, -0.2) is 11.2 Å². The highest BCUT2D eigenvalue weighted by molar-refractivity contribution is 6.34. The third kappa shape index (κ3) is 2.90. The van der Waals surface area contributed by atoms with Gasteiger partial charge in [-0.25, -0.2) is 4.79 Å². The Morgan fingerprint density at radius 3 is 2.17 bits per heavy atom. The van der Waals surface area contributed by atoms with Gasteiger partial charge in [0, 0.05) is 10.0 Å². The minimum Gasteiger partial charge on any atom is -0.465 e. The summed E-state index contributed by atoms with van der Waals surface area (Å²) in [5, 5.41) is 12.8. The summed E-state index contributed by atoms with van der Waals surface area (Å²) in [6, 6.07) is 5.26. The van der Waals surface area contributed by atoms with Gasteiger partial charge >= 0.3 is 6.09 Å². The highest BCUT2D eigenvalue weighted by Gasteiger charge is 2.35. The van der Waals surface area contributed by atoms with Gasteiger partial charge in [0.25, 0.3) is 0 Å². The van der Waals surface area contributed by atoms with E-state index < -0.39 is 11.6 Å². The maximum atomic E-state index is 11.0. The maximum Gasteiger partial charge on any atom is 0.405 e. The zero-order valence-electron chi connectivity index (χ0n) is 9.88. The van der Waals surface area contributed by atoms with E-state index in [0.717, 1.165) is 37.7 Å². The third-order valence-corrected chi connectivity index (χ3v) is 3.90. The summed E-state index contributed by atoms with van der Waals surface area (Å²) in [5.74, 6) is 0. The zero-order chi connectivity index (χ0) is 13.2.